The quantitative estimate of drug-likeness (QED) is 0.163. The molecule has 1 aliphatic rings. The molecule has 0 saturated carbocycles. The van der Waals surface area contributed by atoms with Crippen LogP contribution in [-0.2, 0) is 5.41 Å². The molecule has 0 bridgehead atoms. The Hall–Kier alpha value is -7.20. The van der Waals surface area contributed by atoms with Gasteiger partial charge in [0.25, 0.3) is 0 Å². The van der Waals surface area contributed by atoms with Crippen LogP contribution in [0.25, 0.3) is 81.0 Å². The first-order valence-corrected chi connectivity index (χ1v) is 21.6. The molecule has 9 aromatic carbocycles. The molecule has 0 unspecified atom stereocenters. The number of thiophene rings is 1. The molecule has 0 spiro atoms. The summed E-state index contributed by atoms with van der Waals surface area (Å²) >= 11 is 1.86. The number of aromatic nitrogens is 1. The molecule has 12 rings (SSSR count). The van der Waals surface area contributed by atoms with E-state index in [1.54, 1.807) is 0 Å². The van der Waals surface area contributed by atoms with Crippen LogP contribution in [0.2, 0.25) is 0 Å². The molecule has 0 saturated heterocycles. The van der Waals surface area contributed by atoms with Crippen molar-refractivity contribution in [3.8, 4) is 39.1 Å². The Bertz CT molecular complexity index is 3420. The molecule has 2 aromatic heterocycles. The molecule has 0 N–H and O–H groups in total. The van der Waals surface area contributed by atoms with Crippen LogP contribution < -0.4 is 4.90 Å². The largest absolute Gasteiger partial charge is 0.310 e. The van der Waals surface area contributed by atoms with Gasteiger partial charge in [0.05, 0.1) is 16.7 Å². The van der Waals surface area contributed by atoms with E-state index in [9.17, 15) is 0 Å². The van der Waals surface area contributed by atoms with Crippen LogP contribution >= 0.6 is 11.3 Å². The van der Waals surface area contributed by atoms with Crippen molar-refractivity contribution in [2.75, 3.05) is 4.90 Å². The van der Waals surface area contributed by atoms with E-state index in [1.807, 2.05) is 11.3 Å². The number of anilines is 3. The SMILES string of the molecule is CC1(C)c2ccccc2-c2ccc(N(c3ccc(-c4cccc(-c5ccccc5-n5c6ccccc6c6ccccc65)c4)cc3)c3ccc4sc5ccccc5c4c3)cc21. The van der Waals surface area contributed by atoms with E-state index >= 15 is 0 Å². The Morgan fingerprint density at radius 2 is 0.967 bits per heavy atom. The van der Waals surface area contributed by atoms with Crippen molar-refractivity contribution < 1.29 is 0 Å². The predicted molar refractivity (Wildman–Crippen MR) is 257 cm³/mol. The maximum absolute atomic E-state index is 2.44. The van der Waals surface area contributed by atoms with Gasteiger partial charge in [-0.1, -0.05) is 147 Å². The van der Waals surface area contributed by atoms with Crippen LogP contribution in [0.15, 0.2) is 206 Å². The lowest BCUT2D eigenvalue weighted by atomic mass is 9.82. The summed E-state index contributed by atoms with van der Waals surface area (Å²) in [6.45, 7) is 4.72. The number of hydrogen-bond donors (Lipinski definition) is 0. The Labute approximate surface area is 353 Å². The maximum Gasteiger partial charge on any atom is 0.0541 e. The lowest BCUT2D eigenvalue weighted by Gasteiger charge is -2.28. The van der Waals surface area contributed by atoms with Crippen molar-refractivity contribution >= 4 is 70.4 Å². The van der Waals surface area contributed by atoms with E-state index in [0.717, 1.165) is 17.1 Å². The van der Waals surface area contributed by atoms with Crippen molar-refractivity contribution in [3.05, 3.63) is 217 Å². The summed E-state index contributed by atoms with van der Waals surface area (Å²) in [5.74, 6) is 0. The van der Waals surface area contributed by atoms with Gasteiger partial charge in [-0.3, -0.25) is 0 Å². The monoisotopic (exact) mass is 784 g/mol. The van der Waals surface area contributed by atoms with Gasteiger partial charge in [0.15, 0.2) is 0 Å². The molecule has 2 heterocycles. The summed E-state index contributed by atoms with van der Waals surface area (Å²) in [5, 5.41) is 5.13. The van der Waals surface area contributed by atoms with Crippen LogP contribution in [0.4, 0.5) is 17.1 Å². The summed E-state index contributed by atoms with van der Waals surface area (Å²) in [6.07, 6.45) is 0. The molecule has 0 aliphatic heterocycles. The Balaban J connectivity index is 0.963. The molecule has 60 heavy (non-hydrogen) atoms. The second-order valence-electron chi connectivity index (χ2n) is 16.5. The summed E-state index contributed by atoms with van der Waals surface area (Å²) in [7, 11) is 0. The smallest absolute Gasteiger partial charge is 0.0541 e. The fourth-order valence-electron chi connectivity index (χ4n) is 9.90. The second kappa shape index (κ2) is 13.4. The van der Waals surface area contributed by atoms with E-state index in [0.29, 0.717) is 0 Å². The third-order valence-electron chi connectivity index (χ3n) is 12.8. The highest BCUT2D eigenvalue weighted by atomic mass is 32.1. The highest BCUT2D eigenvalue weighted by molar-refractivity contribution is 7.25. The molecule has 0 amide bonds. The topological polar surface area (TPSA) is 8.17 Å². The number of rotatable bonds is 6. The first-order chi connectivity index (χ1) is 29.5. The van der Waals surface area contributed by atoms with E-state index in [-0.39, 0.29) is 5.41 Å². The molecule has 3 heteroatoms. The maximum atomic E-state index is 2.44. The zero-order valence-corrected chi connectivity index (χ0v) is 34.2. The summed E-state index contributed by atoms with van der Waals surface area (Å²) in [6, 6.07) is 76.1. The van der Waals surface area contributed by atoms with Crippen molar-refractivity contribution in [3.63, 3.8) is 0 Å². The van der Waals surface area contributed by atoms with Crippen LogP contribution in [0.5, 0.6) is 0 Å². The second-order valence-corrected chi connectivity index (χ2v) is 17.6. The lowest BCUT2D eigenvalue weighted by Crippen LogP contribution is -2.16. The molecule has 0 radical (unpaired) electrons. The van der Waals surface area contributed by atoms with Crippen LogP contribution in [0.3, 0.4) is 0 Å². The Morgan fingerprint density at radius 3 is 1.77 bits per heavy atom. The van der Waals surface area contributed by atoms with Gasteiger partial charge in [-0.25, -0.2) is 0 Å². The average molecular weight is 785 g/mol. The average Bonchev–Trinajstić information content (AvgIpc) is 3.92. The van der Waals surface area contributed by atoms with E-state index in [1.165, 1.54) is 92.2 Å². The van der Waals surface area contributed by atoms with Crippen molar-refractivity contribution in [2.45, 2.75) is 19.3 Å². The first-order valence-electron chi connectivity index (χ1n) is 20.8. The van der Waals surface area contributed by atoms with Crippen LogP contribution in [0.1, 0.15) is 25.0 Å². The zero-order chi connectivity index (χ0) is 40.0. The zero-order valence-electron chi connectivity index (χ0n) is 33.4. The van der Waals surface area contributed by atoms with E-state index in [4.69, 9.17) is 0 Å². The Kier molecular flexibility index (Phi) is 7.79. The minimum Gasteiger partial charge on any atom is -0.310 e. The highest BCUT2D eigenvalue weighted by Crippen LogP contribution is 2.51. The van der Waals surface area contributed by atoms with Gasteiger partial charge in [0.2, 0.25) is 0 Å². The summed E-state index contributed by atoms with van der Waals surface area (Å²) in [4.78, 5) is 2.44. The minimum absolute atomic E-state index is 0.101. The number of para-hydroxylation sites is 3. The molecular formula is C57H40N2S. The third kappa shape index (κ3) is 5.33. The fraction of sp³-hybridized carbons (Fsp3) is 0.0526. The molecule has 1 aliphatic carbocycles. The first kappa shape index (κ1) is 34.8. The van der Waals surface area contributed by atoms with Gasteiger partial charge >= 0.3 is 0 Å². The lowest BCUT2D eigenvalue weighted by molar-refractivity contribution is 0.660. The highest BCUT2D eigenvalue weighted by Gasteiger charge is 2.35. The molecule has 0 atom stereocenters. The number of nitrogens with zero attached hydrogens (tertiary/aromatic N) is 2. The van der Waals surface area contributed by atoms with Crippen molar-refractivity contribution in [2.24, 2.45) is 0 Å². The van der Waals surface area contributed by atoms with Crippen molar-refractivity contribution in [1.82, 2.24) is 4.57 Å². The van der Waals surface area contributed by atoms with Gasteiger partial charge in [-0.05, 0) is 112 Å². The molecule has 11 aromatic rings. The third-order valence-corrected chi connectivity index (χ3v) is 14.0. The molecule has 2 nitrogen and oxygen atoms in total. The van der Waals surface area contributed by atoms with Gasteiger partial charge in [-0.15, -0.1) is 11.3 Å². The van der Waals surface area contributed by atoms with E-state index in [2.05, 4.69) is 230 Å². The van der Waals surface area contributed by atoms with E-state index < -0.39 is 0 Å². The predicted octanol–water partition coefficient (Wildman–Crippen LogP) is 16.3. The number of hydrogen-bond acceptors (Lipinski definition) is 2. The summed E-state index contributed by atoms with van der Waals surface area (Å²) < 4.78 is 5.04. The standard InChI is InChI=1S/C57H40N2S/c1-57(2)50-21-8-3-17-44(50)45-32-30-42(36-51(45)57)58(41-31-33-56-49(35-41)48-20-7-12-25-55(48)60-56)40-28-26-37(27-29-40)38-14-13-15-39(34-38)43-16-4-9-22-52(43)59-53-23-10-5-18-46(53)47-19-6-11-24-54(47)59/h3-36H,1-2H3. The number of fused-ring (bicyclic) bond motifs is 9. The normalized spacial score (nSPS) is 13.0. The van der Waals surface area contributed by atoms with Gasteiger partial charge < -0.3 is 9.47 Å². The van der Waals surface area contributed by atoms with Gasteiger partial charge in [0, 0.05) is 59.0 Å². The molecule has 0 fully saturated rings. The number of benzene rings is 9. The fourth-order valence-corrected chi connectivity index (χ4v) is 11.0. The van der Waals surface area contributed by atoms with Gasteiger partial charge in [0.1, 0.15) is 0 Å². The molecule has 284 valence electrons. The summed E-state index contributed by atoms with van der Waals surface area (Å²) in [5.41, 5.74) is 17.1. The van der Waals surface area contributed by atoms with Crippen molar-refractivity contribution in [1.29, 1.82) is 0 Å². The van der Waals surface area contributed by atoms with Crippen LogP contribution in [-0.4, -0.2) is 4.57 Å². The molecular weight excluding hydrogens is 745 g/mol. The van der Waals surface area contributed by atoms with Gasteiger partial charge in [-0.2, -0.15) is 0 Å². The minimum atomic E-state index is -0.101. The van der Waals surface area contributed by atoms with Crippen LogP contribution in [0, 0.1) is 0 Å². The Morgan fingerprint density at radius 1 is 0.383 bits per heavy atom.